The zero-order valence-electron chi connectivity index (χ0n) is 15.6. The fourth-order valence-corrected chi connectivity index (χ4v) is 3.53. The number of rotatable bonds is 4. The quantitative estimate of drug-likeness (QED) is 0.781. The molecule has 0 unspecified atom stereocenters. The normalized spacial score (nSPS) is 15.5. The van der Waals surface area contributed by atoms with Crippen LogP contribution in [0.1, 0.15) is 29.5 Å². The van der Waals surface area contributed by atoms with Gasteiger partial charge in [0.25, 0.3) is 0 Å². The van der Waals surface area contributed by atoms with Crippen LogP contribution in [0.25, 0.3) is 0 Å². The van der Waals surface area contributed by atoms with Crippen LogP contribution in [0, 0.1) is 6.92 Å². The van der Waals surface area contributed by atoms with Gasteiger partial charge in [0.1, 0.15) is 0 Å². The molecule has 7 heteroatoms. The molecule has 2 aromatic rings. The average molecular weight is 392 g/mol. The molecule has 150 valence electrons. The first kappa shape index (κ1) is 20.0. The Hall–Kier alpha value is -2.70. The van der Waals surface area contributed by atoms with Gasteiger partial charge in [-0.05, 0) is 49.6 Å². The SMILES string of the molecule is Cc1ccc(N(Cc2ccc(C(F)(F)F)cc2)C2CCN(C(=O)O)CC2)cc1. The first-order chi connectivity index (χ1) is 13.2. The number of hydrogen-bond donors (Lipinski definition) is 1. The van der Waals surface area contributed by atoms with E-state index in [0.29, 0.717) is 32.5 Å². The van der Waals surface area contributed by atoms with E-state index in [0.717, 1.165) is 28.9 Å². The number of amides is 1. The number of halogens is 3. The van der Waals surface area contributed by atoms with E-state index in [1.54, 1.807) is 0 Å². The second-order valence-electron chi connectivity index (χ2n) is 7.16. The van der Waals surface area contributed by atoms with Crippen molar-refractivity contribution in [1.82, 2.24) is 4.90 Å². The van der Waals surface area contributed by atoms with Crippen molar-refractivity contribution in [2.75, 3.05) is 18.0 Å². The van der Waals surface area contributed by atoms with Gasteiger partial charge in [-0.15, -0.1) is 0 Å². The lowest BCUT2D eigenvalue weighted by Crippen LogP contribution is -2.46. The predicted octanol–water partition coefficient (Wildman–Crippen LogP) is 5.16. The summed E-state index contributed by atoms with van der Waals surface area (Å²) in [6, 6.07) is 13.4. The van der Waals surface area contributed by atoms with Gasteiger partial charge in [-0.1, -0.05) is 29.8 Å². The molecule has 3 rings (SSSR count). The Labute approximate surface area is 162 Å². The highest BCUT2D eigenvalue weighted by atomic mass is 19.4. The molecule has 1 aliphatic rings. The molecule has 0 aliphatic carbocycles. The summed E-state index contributed by atoms with van der Waals surface area (Å²) in [6.45, 7) is 3.37. The molecule has 1 amide bonds. The Morgan fingerprint density at radius 2 is 1.64 bits per heavy atom. The molecular formula is C21H23F3N2O2. The van der Waals surface area contributed by atoms with Crippen molar-refractivity contribution in [3.63, 3.8) is 0 Å². The number of alkyl halides is 3. The fourth-order valence-electron chi connectivity index (χ4n) is 3.53. The Bertz CT molecular complexity index is 796. The topological polar surface area (TPSA) is 43.8 Å². The van der Waals surface area contributed by atoms with Crippen molar-refractivity contribution < 1.29 is 23.1 Å². The Kier molecular flexibility index (Phi) is 5.82. The molecule has 1 heterocycles. The zero-order chi connectivity index (χ0) is 20.3. The van der Waals surface area contributed by atoms with Gasteiger partial charge in [0, 0.05) is 31.4 Å². The summed E-state index contributed by atoms with van der Waals surface area (Å²) in [5.74, 6) is 0. The summed E-state index contributed by atoms with van der Waals surface area (Å²) >= 11 is 0. The van der Waals surface area contributed by atoms with Crippen LogP contribution in [0.4, 0.5) is 23.7 Å². The van der Waals surface area contributed by atoms with E-state index in [9.17, 15) is 18.0 Å². The molecule has 0 atom stereocenters. The van der Waals surface area contributed by atoms with Gasteiger partial charge >= 0.3 is 12.3 Å². The van der Waals surface area contributed by atoms with Gasteiger partial charge < -0.3 is 14.9 Å². The van der Waals surface area contributed by atoms with Gasteiger partial charge in [-0.2, -0.15) is 13.2 Å². The highest BCUT2D eigenvalue weighted by Gasteiger charge is 2.30. The van der Waals surface area contributed by atoms with Crippen molar-refractivity contribution in [3.8, 4) is 0 Å². The van der Waals surface area contributed by atoms with Gasteiger partial charge in [-0.3, -0.25) is 0 Å². The molecule has 1 saturated heterocycles. The van der Waals surface area contributed by atoms with Crippen molar-refractivity contribution in [3.05, 3.63) is 65.2 Å². The molecule has 0 saturated carbocycles. The predicted molar refractivity (Wildman–Crippen MR) is 101 cm³/mol. The largest absolute Gasteiger partial charge is 0.465 e. The summed E-state index contributed by atoms with van der Waals surface area (Å²) in [4.78, 5) is 14.7. The maximum Gasteiger partial charge on any atom is 0.416 e. The van der Waals surface area contributed by atoms with E-state index >= 15 is 0 Å². The standard InChI is InChI=1S/C21H23F3N2O2/c1-15-2-8-18(9-3-15)26(19-10-12-25(13-11-19)20(27)28)14-16-4-6-17(7-5-16)21(22,23)24/h2-9,19H,10-14H2,1H3,(H,27,28). The van der Waals surface area contributed by atoms with Crippen LogP contribution in [0.15, 0.2) is 48.5 Å². The zero-order valence-corrected chi connectivity index (χ0v) is 15.6. The molecule has 0 aromatic heterocycles. The molecule has 0 radical (unpaired) electrons. The van der Waals surface area contributed by atoms with E-state index in [-0.39, 0.29) is 6.04 Å². The number of benzene rings is 2. The number of aryl methyl sites for hydroxylation is 1. The van der Waals surface area contributed by atoms with E-state index in [1.165, 1.54) is 17.0 Å². The Morgan fingerprint density at radius 3 is 2.14 bits per heavy atom. The molecule has 28 heavy (non-hydrogen) atoms. The van der Waals surface area contributed by atoms with E-state index in [2.05, 4.69) is 4.90 Å². The molecule has 0 spiro atoms. The Morgan fingerprint density at radius 1 is 1.07 bits per heavy atom. The number of anilines is 1. The second-order valence-corrected chi connectivity index (χ2v) is 7.16. The maximum atomic E-state index is 12.8. The van der Waals surface area contributed by atoms with Crippen LogP contribution >= 0.6 is 0 Å². The number of nitrogens with zero attached hydrogens (tertiary/aromatic N) is 2. The average Bonchev–Trinajstić information content (AvgIpc) is 2.67. The first-order valence-electron chi connectivity index (χ1n) is 9.21. The summed E-state index contributed by atoms with van der Waals surface area (Å²) in [5.41, 5.74) is 2.24. The van der Waals surface area contributed by atoms with E-state index < -0.39 is 17.8 Å². The minimum Gasteiger partial charge on any atom is -0.465 e. The van der Waals surface area contributed by atoms with Crippen LogP contribution < -0.4 is 4.90 Å². The van der Waals surface area contributed by atoms with Crippen LogP contribution in [0.2, 0.25) is 0 Å². The van der Waals surface area contributed by atoms with Crippen LogP contribution in [-0.2, 0) is 12.7 Å². The highest BCUT2D eigenvalue weighted by molar-refractivity contribution is 5.65. The molecule has 1 aliphatic heterocycles. The van der Waals surface area contributed by atoms with Gasteiger partial charge in [-0.25, -0.2) is 4.79 Å². The number of piperidine rings is 1. The third-order valence-electron chi connectivity index (χ3n) is 5.18. The van der Waals surface area contributed by atoms with Gasteiger partial charge in [0.15, 0.2) is 0 Å². The molecule has 4 nitrogen and oxygen atoms in total. The molecule has 1 fully saturated rings. The highest BCUT2D eigenvalue weighted by Crippen LogP contribution is 2.30. The summed E-state index contributed by atoms with van der Waals surface area (Å²) in [6.07, 6.45) is -3.90. The van der Waals surface area contributed by atoms with Crippen LogP contribution in [0.3, 0.4) is 0 Å². The van der Waals surface area contributed by atoms with Gasteiger partial charge in [0.05, 0.1) is 5.56 Å². The monoisotopic (exact) mass is 392 g/mol. The fraction of sp³-hybridized carbons (Fsp3) is 0.381. The van der Waals surface area contributed by atoms with Crippen LogP contribution in [0.5, 0.6) is 0 Å². The minimum absolute atomic E-state index is 0.126. The summed E-state index contributed by atoms with van der Waals surface area (Å²) in [7, 11) is 0. The molecule has 2 aromatic carbocycles. The smallest absolute Gasteiger partial charge is 0.416 e. The van der Waals surface area contributed by atoms with E-state index in [4.69, 9.17) is 5.11 Å². The van der Waals surface area contributed by atoms with Crippen molar-refractivity contribution in [1.29, 1.82) is 0 Å². The van der Waals surface area contributed by atoms with Crippen molar-refractivity contribution in [2.24, 2.45) is 0 Å². The number of likely N-dealkylation sites (tertiary alicyclic amines) is 1. The van der Waals surface area contributed by atoms with Crippen molar-refractivity contribution in [2.45, 2.75) is 38.5 Å². The van der Waals surface area contributed by atoms with Crippen molar-refractivity contribution >= 4 is 11.8 Å². The number of carbonyl (C=O) groups is 1. The minimum atomic E-state index is -4.35. The summed E-state index contributed by atoms with van der Waals surface area (Å²) < 4.78 is 38.4. The maximum absolute atomic E-state index is 12.8. The second kappa shape index (κ2) is 8.12. The lowest BCUT2D eigenvalue weighted by atomic mass is 10.0. The first-order valence-corrected chi connectivity index (χ1v) is 9.21. The molecule has 0 bridgehead atoms. The Balaban J connectivity index is 1.81. The summed E-state index contributed by atoms with van der Waals surface area (Å²) in [5, 5.41) is 9.16. The van der Waals surface area contributed by atoms with Crippen LogP contribution in [-0.4, -0.2) is 35.2 Å². The number of carboxylic acid groups (broad SMARTS) is 1. The molecule has 1 N–H and O–H groups in total. The lowest BCUT2D eigenvalue weighted by Gasteiger charge is -2.39. The third kappa shape index (κ3) is 4.77. The third-order valence-corrected chi connectivity index (χ3v) is 5.18. The lowest BCUT2D eigenvalue weighted by molar-refractivity contribution is -0.137. The molecular weight excluding hydrogens is 369 g/mol. The van der Waals surface area contributed by atoms with Gasteiger partial charge in [0.2, 0.25) is 0 Å². The number of hydrogen-bond acceptors (Lipinski definition) is 2. The van der Waals surface area contributed by atoms with E-state index in [1.807, 2.05) is 31.2 Å².